The zero-order chi connectivity index (χ0) is 11.4. The van der Waals surface area contributed by atoms with Crippen LogP contribution < -0.4 is 10.6 Å². The van der Waals surface area contributed by atoms with Crippen molar-refractivity contribution in [1.82, 2.24) is 9.97 Å². The Kier molecular flexibility index (Phi) is 4.12. The molecular formula is C11H17BrN4. The summed E-state index contributed by atoms with van der Waals surface area (Å²) in [5.74, 6) is 1.81. The molecule has 1 saturated heterocycles. The summed E-state index contributed by atoms with van der Waals surface area (Å²) in [4.78, 5) is 10.6. The van der Waals surface area contributed by atoms with Gasteiger partial charge in [0, 0.05) is 19.3 Å². The largest absolute Gasteiger partial charge is 0.356 e. The number of piperidine rings is 1. The molecule has 0 radical (unpaired) electrons. The van der Waals surface area contributed by atoms with Gasteiger partial charge in [-0.05, 0) is 47.7 Å². The van der Waals surface area contributed by atoms with E-state index in [0.717, 1.165) is 42.3 Å². The molecule has 4 nitrogen and oxygen atoms in total. The van der Waals surface area contributed by atoms with E-state index in [9.17, 15) is 0 Å². The van der Waals surface area contributed by atoms with Crippen LogP contribution in [0.3, 0.4) is 0 Å². The topological polar surface area (TPSA) is 55.0 Å². The van der Waals surface area contributed by atoms with E-state index in [4.69, 9.17) is 5.73 Å². The van der Waals surface area contributed by atoms with E-state index in [1.807, 2.05) is 0 Å². The molecule has 0 bridgehead atoms. The van der Waals surface area contributed by atoms with Crippen LogP contribution in [0.25, 0.3) is 0 Å². The number of nitrogens with zero attached hydrogens (tertiary/aromatic N) is 3. The van der Waals surface area contributed by atoms with Gasteiger partial charge in [-0.1, -0.05) is 0 Å². The van der Waals surface area contributed by atoms with Gasteiger partial charge in [0.2, 0.25) is 0 Å². The highest BCUT2D eigenvalue weighted by Crippen LogP contribution is 2.27. The zero-order valence-corrected chi connectivity index (χ0v) is 10.9. The third-order valence-electron chi connectivity index (χ3n) is 3.14. The number of hydrogen-bond donors (Lipinski definition) is 1. The third-order valence-corrected chi connectivity index (χ3v) is 3.70. The Balaban J connectivity index is 1.96. The summed E-state index contributed by atoms with van der Waals surface area (Å²) in [6.07, 6.45) is 6.99. The van der Waals surface area contributed by atoms with Crippen LogP contribution in [0.5, 0.6) is 0 Å². The van der Waals surface area contributed by atoms with E-state index < -0.39 is 0 Å². The van der Waals surface area contributed by atoms with Gasteiger partial charge in [-0.25, -0.2) is 9.97 Å². The van der Waals surface area contributed by atoms with Crippen molar-refractivity contribution < 1.29 is 0 Å². The van der Waals surface area contributed by atoms with Crippen molar-refractivity contribution in [3.05, 3.63) is 17.0 Å². The number of halogens is 1. The Bertz CT molecular complexity index is 337. The first kappa shape index (κ1) is 11.8. The molecule has 1 fully saturated rings. The number of nitrogens with two attached hydrogens (primary N) is 1. The first-order valence-corrected chi connectivity index (χ1v) is 6.51. The molecule has 0 atom stereocenters. The smallest absolute Gasteiger partial charge is 0.146 e. The Morgan fingerprint density at radius 3 is 2.81 bits per heavy atom. The summed E-state index contributed by atoms with van der Waals surface area (Å²) in [7, 11) is 0. The SMILES string of the molecule is NCCC1CCN(c2ncncc2Br)CC1. The van der Waals surface area contributed by atoms with Gasteiger partial charge in [-0.15, -0.1) is 0 Å². The molecule has 2 heterocycles. The second-order valence-electron chi connectivity index (χ2n) is 4.20. The van der Waals surface area contributed by atoms with Crippen LogP contribution in [0, 0.1) is 5.92 Å². The number of hydrogen-bond acceptors (Lipinski definition) is 4. The number of rotatable bonds is 3. The maximum atomic E-state index is 5.59. The van der Waals surface area contributed by atoms with Gasteiger partial charge in [0.05, 0.1) is 4.47 Å². The van der Waals surface area contributed by atoms with Crippen LogP contribution in [0.2, 0.25) is 0 Å². The van der Waals surface area contributed by atoms with Crippen LogP contribution >= 0.6 is 15.9 Å². The standard InChI is InChI=1S/C11H17BrN4/c12-10-7-14-8-15-11(10)16-5-2-9(1-4-13)3-6-16/h7-9H,1-6,13H2. The molecule has 0 amide bonds. The van der Waals surface area contributed by atoms with Gasteiger partial charge in [-0.2, -0.15) is 0 Å². The highest BCUT2D eigenvalue weighted by Gasteiger charge is 2.20. The van der Waals surface area contributed by atoms with Crippen LogP contribution in [0.4, 0.5) is 5.82 Å². The number of anilines is 1. The lowest BCUT2D eigenvalue weighted by Crippen LogP contribution is -2.35. The van der Waals surface area contributed by atoms with Gasteiger partial charge in [0.25, 0.3) is 0 Å². The first-order chi connectivity index (χ1) is 7.81. The second kappa shape index (κ2) is 5.59. The van der Waals surface area contributed by atoms with E-state index in [1.165, 1.54) is 12.8 Å². The summed E-state index contributed by atoms with van der Waals surface area (Å²) in [5, 5.41) is 0. The van der Waals surface area contributed by atoms with Crippen molar-refractivity contribution in [1.29, 1.82) is 0 Å². The van der Waals surface area contributed by atoms with Crippen LogP contribution in [0.15, 0.2) is 17.0 Å². The maximum absolute atomic E-state index is 5.59. The molecule has 5 heteroatoms. The summed E-state index contributed by atoms with van der Waals surface area (Å²) < 4.78 is 0.979. The van der Waals surface area contributed by atoms with E-state index in [1.54, 1.807) is 12.5 Å². The number of aromatic nitrogens is 2. The molecule has 0 aromatic carbocycles. The van der Waals surface area contributed by atoms with Gasteiger partial charge in [-0.3, -0.25) is 0 Å². The van der Waals surface area contributed by atoms with Crippen LogP contribution in [0.1, 0.15) is 19.3 Å². The Morgan fingerprint density at radius 2 is 2.19 bits per heavy atom. The van der Waals surface area contributed by atoms with Gasteiger partial charge in [0.15, 0.2) is 0 Å². The maximum Gasteiger partial charge on any atom is 0.146 e. The third kappa shape index (κ3) is 2.71. The minimum atomic E-state index is 0.793. The van der Waals surface area contributed by atoms with E-state index in [2.05, 4.69) is 30.8 Å². The molecule has 2 N–H and O–H groups in total. The Labute approximate surface area is 104 Å². The summed E-state index contributed by atoms with van der Waals surface area (Å²) in [5.41, 5.74) is 5.59. The monoisotopic (exact) mass is 284 g/mol. The quantitative estimate of drug-likeness (QED) is 0.920. The predicted octanol–water partition coefficient (Wildman–Crippen LogP) is 1.80. The molecule has 16 heavy (non-hydrogen) atoms. The minimum Gasteiger partial charge on any atom is -0.356 e. The first-order valence-electron chi connectivity index (χ1n) is 5.71. The fraction of sp³-hybridized carbons (Fsp3) is 0.636. The molecule has 1 aromatic heterocycles. The molecule has 1 aromatic rings. The van der Waals surface area contributed by atoms with Crippen molar-refractivity contribution >= 4 is 21.7 Å². The van der Waals surface area contributed by atoms with Crippen molar-refractivity contribution in [2.75, 3.05) is 24.5 Å². The van der Waals surface area contributed by atoms with E-state index in [-0.39, 0.29) is 0 Å². The van der Waals surface area contributed by atoms with Crippen molar-refractivity contribution in [3.63, 3.8) is 0 Å². The van der Waals surface area contributed by atoms with Crippen molar-refractivity contribution in [2.24, 2.45) is 11.7 Å². The Morgan fingerprint density at radius 1 is 1.44 bits per heavy atom. The summed E-state index contributed by atoms with van der Waals surface area (Å²) >= 11 is 3.49. The highest BCUT2D eigenvalue weighted by molar-refractivity contribution is 9.10. The molecule has 0 saturated carbocycles. The summed E-state index contributed by atoms with van der Waals surface area (Å²) in [6.45, 7) is 2.95. The fourth-order valence-corrected chi connectivity index (χ4v) is 2.68. The van der Waals surface area contributed by atoms with E-state index >= 15 is 0 Å². The summed E-state index contributed by atoms with van der Waals surface area (Å²) in [6, 6.07) is 0. The van der Waals surface area contributed by atoms with Crippen molar-refractivity contribution in [3.8, 4) is 0 Å². The Hall–Kier alpha value is -0.680. The lowest BCUT2D eigenvalue weighted by atomic mass is 9.94. The lowest BCUT2D eigenvalue weighted by Gasteiger charge is -2.33. The fourth-order valence-electron chi connectivity index (χ4n) is 2.21. The second-order valence-corrected chi connectivity index (χ2v) is 5.06. The van der Waals surface area contributed by atoms with Crippen molar-refractivity contribution in [2.45, 2.75) is 19.3 Å². The molecule has 2 rings (SSSR count). The van der Waals surface area contributed by atoms with Crippen LogP contribution in [-0.4, -0.2) is 29.6 Å². The minimum absolute atomic E-state index is 0.793. The average molecular weight is 285 g/mol. The zero-order valence-electron chi connectivity index (χ0n) is 9.27. The molecular weight excluding hydrogens is 268 g/mol. The van der Waals surface area contributed by atoms with E-state index in [0.29, 0.717) is 0 Å². The van der Waals surface area contributed by atoms with Crippen LogP contribution in [-0.2, 0) is 0 Å². The molecule has 88 valence electrons. The predicted molar refractivity (Wildman–Crippen MR) is 68.3 cm³/mol. The molecule has 0 unspecified atom stereocenters. The lowest BCUT2D eigenvalue weighted by molar-refractivity contribution is 0.385. The highest BCUT2D eigenvalue weighted by atomic mass is 79.9. The van der Waals surface area contributed by atoms with Gasteiger partial charge < -0.3 is 10.6 Å². The van der Waals surface area contributed by atoms with Gasteiger partial charge >= 0.3 is 0 Å². The van der Waals surface area contributed by atoms with Gasteiger partial charge in [0.1, 0.15) is 12.1 Å². The molecule has 1 aliphatic heterocycles. The molecule has 1 aliphatic rings. The average Bonchev–Trinajstić information content (AvgIpc) is 2.31. The molecule has 0 spiro atoms. The normalized spacial score (nSPS) is 17.8. The molecule has 0 aliphatic carbocycles.